The molecule has 2 rings (SSSR count). The molecule has 7 nitrogen and oxygen atoms in total. The van der Waals surface area contributed by atoms with Crippen LogP contribution in [0.3, 0.4) is 0 Å². The first-order valence-electron chi connectivity index (χ1n) is 6.64. The fourth-order valence-corrected chi connectivity index (χ4v) is 3.13. The van der Waals surface area contributed by atoms with Gasteiger partial charge in [-0.05, 0) is 12.8 Å². The lowest BCUT2D eigenvalue weighted by atomic mass is 9.84. The molecule has 0 aromatic carbocycles. The number of carbonyl (C=O) groups is 3. The van der Waals surface area contributed by atoms with Crippen molar-refractivity contribution in [1.29, 1.82) is 0 Å². The zero-order valence-corrected chi connectivity index (χ0v) is 12.7. The molecule has 0 saturated carbocycles. The van der Waals surface area contributed by atoms with Crippen LogP contribution >= 0.6 is 11.3 Å². The van der Waals surface area contributed by atoms with Gasteiger partial charge in [-0.2, -0.15) is 0 Å². The zero-order chi connectivity index (χ0) is 15.6. The van der Waals surface area contributed by atoms with E-state index in [9.17, 15) is 19.5 Å². The van der Waals surface area contributed by atoms with Crippen molar-refractivity contribution in [3.05, 3.63) is 11.1 Å². The molecule has 1 aliphatic heterocycles. The van der Waals surface area contributed by atoms with Crippen LogP contribution in [0.4, 0.5) is 5.13 Å². The topological polar surface area (TPSA) is 99.6 Å². The van der Waals surface area contributed by atoms with E-state index in [1.807, 2.05) is 6.92 Å². The molecule has 2 N–H and O–H groups in total. The van der Waals surface area contributed by atoms with Crippen molar-refractivity contribution in [2.24, 2.45) is 5.41 Å². The second-order valence-corrected chi connectivity index (χ2v) is 5.99. The van der Waals surface area contributed by atoms with Crippen molar-refractivity contribution < 1.29 is 19.5 Å². The highest BCUT2D eigenvalue weighted by Gasteiger charge is 2.45. The molecule has 0 spiro atoms. The first kappa shape index (κ1) is 15.4. The lowest BCUT2D eigenvalue weighted by molar-refractivity contribution is -0.148. The maximum absolute atomic E-state index is 12.3. The van der Waals surface area contributed by atoms with Gasteiger partial charge < -0.3 is 15.3 Å². The van der Waals surface area contributed by atoms with Crippen LogP contribution in [0.2, 0.25) is 0 Å². The average molecular weight is 311 g/mol. The first-order chi connectivity index (χ1) is 9.88. The minimum absolute atomic E-state index is 0.199. The number of carboxylic acid groups (broad SMARTS) is 1. The van der Waals surface area contributed by atoms with Crippen LogP contribution in [-0.4, -0.2) is 45.9 Å². The number of carboxylic acids is 1. The zero-order valence-electron chi connectivity index (χ0n) is 11.9. The fourth-order valence-electron chi connectivity index (χ4n) is 2.40. The summed E-state index contributed by atoms with van der Waals surface area (Å²) in [6.45, 7) is 3.79. The fraction of sp³-hybridized carbons (Fsp3) is 0.538. The van der Waals surface area contributed by atoms with Gasteiger partial charge >= 0.3 is 5.97 Å². The number of anilines is 1. The molecule has 114 valence electrons. The van der Waals surface area contributed by atoms with Gasteiger partial charge in [-0.25, -0.2) is 4.98 Å². The number of amides is 2. The van der Waals surface area contributed by atoms with Gasteiger partial charge in [0.05, 0.1) is 5.41 Å². The Bertz CT molecular complexity index is 586. The summed E-state index contributed by atoms with van der Waals surface area (Å²) in [4.78, 5) is 40.2. The van der Waals surface area contributed by atoms with Crippen LogP contribution in [0.5, 0.6) is 0 Å². The summed E-state index contributed by atoms with van der Waals surface area (Å²) in [5.41, 5.74) is -0.618. The third-order valence-corrected chi connectivity index (χ3v) is 4.54. The van der Waals surface area contributed by atoms with Gasteiger partial charge in [-0.1, -0.05) is 6.92 Å². The molecule has 1 aromatic heterocycles. The van der Waals surface area contributed by atoms with E-state index in [0.29, 0.717) is 24.5 Å². The summed E-state index contributed by atoms with van der Waals surface area (Å²) in [5, 5.41) is 13.8. The Labute approximate surface area is 126 Å². The Morgan fingerprint density at radius 1 is 1.52 bits per heavy atom. The predicted molar refractivity (Wildman–Crippen MR) is 77.3 cm³/mol. The smallest absolute Gasteiger partial charge is 0.311 e. The van der Waals surface area contributed by atoms with E-state index in [2.05, 4.69) is 10.3 Å². The number of carbonyl (C=O) groups excluding carboxylic acids is 2. The molecule has 2 heterocycles. The van der Waals surface area contributed by atoms with Crippen molar-refractivity contribution in [2.75, 3.05) is 18.4 Å². The van der Waals surface area contributed by atoms with Crippen molar-refractivity contribution >= 4 is 34.3 Å². The van der Waals surface area contributed by atoms with E-state index in [1.54, 1.807) is 5.38 Å². The second-order valence-electron chi connectivity index (χ2n) is 5.13. The summed E-state index contributed by atoms with van der Waals surface area (Å²) in [6, 6.07) is 0. The predicted octanol–water partition coefficient (Wildman–Crippen LogP) is 1.43. The highest BCUT2D eigenvalue weighted by molar-refractivity contribution is 7.14. The van der Waals surface area contributed by atoms with Crippen molar-refractivity contribution in [3.8, 4) is 0 Å². The van der Waals surface area contributed by atoms with Gasteiger partial charge in [0.15, 0.2) is 5.13 Å². The number of nitrogens with one attached hydrogen (secondary N) is 1. The first-order valence-corrected chi connectivity index (χ1v) is 7.52. The maximum atomic E-state index is 12.3. The average Bonchev–Trinajstić information content (AvgIpc) is 3.04. The quantitative estimate of drug-likeness (QED) is 0.876. The van der Waals surface area contributed by atoms with Gasteiger partial charge in [-0.3, -0.25) is 14.4 Å². The Morgan fingerprint density at radius 3 is 2.76 bits per heavy atom. The molecule has 0 bridgehead atoms. The number of thiazole rings is 1. The number of rotatable bonds is 4. The molecule has 1 aliphatic rings. The molecule has 1 unspecified atom stereocenters. The summed E-state index contributed by atoms with van der Waals surface area (Å²) in [6.07, 6.45) is 0.938. The number of hydrogen-bond acceptors (Lipinski definition) is 5. The van der Waals surface area contributed by atoms with Crippen LogP contribution in [-0.2, 0) is 9.59 Å². The van der Waals surface area contributed by atoms with Crippen LogP contribution in [0, 0.1) is 5.41 Å². The lowest BCUT2D eigenvalue weighted by Crippen LogP contribution is -2.36. The van der Waals surface area contributed by atoms with Gasteiger partial charge in [0.25, 0.3) is 5.91 Å². The molecule has 21 heavy (non-hydrogen) atoms. The van der Waals surface area contributed by atoms with E-state index < -0.39 is 11.4 Å². The molecule has 2 amide bonds. The molecule has 8 heteroatoms. The Morgan fingerprint density at radius 2 is 2.24 bits per heavy atom. The normalized spacial score (nSPS) is 21.3. The van der Waals surface area contributed by atoms with E-state index >= 15 is 0 Å². The molecule has 1 fully saturated rings. The number of aliphatic carboxylic acids is 1. The molecule has 1 saturated heterocycles. The van der Waals surface area contributed by atoms with E-state index in [4.69, 9.17) is 0 Å². The number of nitrogens with zero attached hydrogens (tertiary/aromatic N) is 2. The molecular formula is C13H17N3O4S. The standard InChI is InChI=1S/C13H17N3O4S/c1-3-13(11(19)20)4-5-16(7-13)10(18)9-6-21-12(15-9)14-8(2)17/h6H,3-5,7H2,1-2H3,(H,19,20)(H,14,15,17). The van der Waals surface area contributed by atoms with Crippen LogP contribution in [0.1, 0.15) is 37.2 Å². The highest BCUT2D eigenvalue weighted by atomic mass is 32.1. The SMILES string of the molecule is CCC1(C(=O)O)CCN(C(=O)c2csc(NC(C)=O)n2)C1. The Hall–Kier alpha value is -1.96. The summed E-state index contributed by atoms with van der Waals surface area (Å²) >= 11 is 1.17. The van der Waals surface area contributed by atoms with Crippen molar-refractivity contribution in [1.82, 2.24) is 9.88 Å². The van der Waals surface area contributed by atoms with Gasteiger partial charge in [-0.15, -0.1) is 11.3 Å². The van der Waals surface area contributed by atoms with Crippen LogP contribution < -0.4 is 5.32 Å². The van der Waals surface area contributed by atoms with E-state index in [-0.39, 0.29) is 24.1 Å². The van der Waals surface area contributed by atoms with Gasteiger partial charge in [0, 0.05) is 25.4 Å². The molecule has 1 atom stereocenters. The summed E-state index contributed by atoms with van der Waals surface area (Å²) < 4.78 is 0. The third-order valence-electron chi connectivity index (χ3n) is 3.78. The Kier molecular flexibility index (Phi) is 4.26. The van der Waals surface area contributed by atoms with Gasteiger partial charge in [0.1, 0.15) is 5.69 Å². The number of hydrogen-bond donors (Lipinski definition) is 2. The summed E-state index contributed by atoms with van der Waals surface area (Å²) in [7, 11) is 0. The summed E-state index contributed by atoms with van der Waals surface area (Å²) in [5.74, 6) is -1.41. The van der Waals surface area contributed by atoms with Gasteiger partial charge in [0.2, 0.25) is 5.91 Å². The second kappa shape index (κ2) is 5.80. The van der Waals surface area contributed by atoms with Crippen molar-refractivity contribution in [2.45, 2.75) is 26.7 Å². The Balaban J connectivity index is 2.09. The molecule has 0 aliphatic carbocycles. The van der Waals surface area contributed by atoms with Crippen molar-refractivity contribution in [3.63, 3.8) is 0 Å². The van der Waals surface area contributed by atoms with E-state index in [1.165, 1.54) is 23.2 Å². The molecular weight excluding hydrogens is 294 g/mol. The number of aromatic nitrogens is 1. The number of likely N-dealkylation sites (tertiary alicyclic amines) is 1. The van der Waals surface area contributed by atoms with E-state index in [0.717, 1.165) is 0 Å². The van der Waals surface area contributed by atoms with Crippen LogP contribution in [0.25, 0.3) is 0 Å². The lowest BCUT2D eigenvalue weighted by Gasteiger charge is -2.22. The monoisotopic (exact) mass is 311 g/mol. The molecule has 1 aromatic rings. The van der Waals surface area contributed by atoms with Crippen LogP contribution in [0.15, 0.2) is 5.38 Å². The minimum Gasteiger partial charge on any atom is -0.481 e. The third kappa shape index (κ3) is 3.05. The molecule has 0 radical (unpaired) electrons. The highest BCUT2D eigenvalue weighted by Crippen LogP contribution is 2.35. The maximum Gasteiger partial charge on any atom is 0.311 e. The largest absolute Gasteiger partial charge is 0.481 e. The minimum atomic E-state index is -0.863.